The molecule has 104 valence electrons. The molecular formula is C14H19NO4. The van der Waals surface area contributed by atoms with E-state index in [0.717, 1.165) is 11.1 Å². The number of nitrogens with one attached hydrogen (secondary N) is 1. The van der Waals surface area contributed by atoms with E-state index in [1.165, 1.54) is 7.11 Å². The molecule has 1 amide bonds. The lowest BCUT2D eigenvalue weighted by molar-refractivity contribution is -0.145. The van der Waals surface area contributed by atoms with Gasteiger partial charge in [0.15, 0.2) is 0 Å². The molecule has 2 N–H and O–H groups in total. The van der Waals surface area contributed by atoms with Gasteiger partial charge < -0.3 is 15.2 Å². The first-order chi connectivity index (χ1) is 8.90. The molecule has 0 spiro atoms. The minimum Gasteiger partial charge on any atom is -0.495 e. The summed E-state index contributed by atoms with van der Waals surface area (Å²) in [5.74, 6) is -2.18. The van der Waals surface area contributed by atoms with Crippen molar-refractivity contribution in [3.05, 3.63) is 23.3 Å². The molecule has 0 aliphatic heterocycles. The average Bonchev–Trinajstić information content (AvgIpc) is 2.33. The molecule has 1 aromatic carbocycles. The molecule has 0 aliphatic carbocycles. The fourth-order valence-corrected chi connectivity index (χ4v) is 1.75. The van der Waals surface area contributed by atoms with Gasteiger partial charge in [0.05, 0.1) is 12.8 Å². The maximum Gasteiger partial charge on any atom is 0.316 e. The summed E-state index contributed by atoms with van der Waals surface area (Å²) in [7, 11) is 1.51. The van der Waals surface area contributed by atoms with E-state index >= 15 is 0 Å². The summed E-state index contributed by atoms with van der Waals surface area (Å²) in [6.07, 6.45) is 0.244. The number of methoxy groups -OCH3 is 1. The van der Waals surface area contributed by atoms with E-state index in [4.69, 9.17) is 9.84 Å². The van der Waals surface area contributed by atoms with Crippen molar-refractivity contribution in [2.24, 2.45) is 5.92 Å². The molecule has 1 rings (SSSR count). The first-order valence-electron chi connectivity index (χ1n) is 6.09. The van der Waals surface area contributed by atoms with Gasteiger partial charge in [0, 0.05) is 0 Å². The molecule has 0 saturated carbocycles. The number of carboxylic acids is 1. The van der Waals surface area contributed by atoms with Crippen molar-refractivity contribution >= 4 is 17.6 Å². The van der Waals surface area contributed by atoms with Crippen molar-refractivity contribution in [3.63, 3.8) is 0 Å². The van der Waals surface area contributed by atoms with Crippen LogP contribution in [0.1, 0.15) is 24.5 Å². The zero-order chi connectivity index (χ0) is 14.6. The number of aliphatic carboxylic acids is 1. The van der Waals surface area contributed by atoms with E-state index < -0.39 is 17.8 Å². The third-order valence-corrected chi connectivity index (χ3v) is 3.10. The van der Waals surface area contributed by atoms with Crippen molar-refractivity contribution in [2.45, 2.75) is 27.2 Å². The lowest BCUT2D eigenvalue weighted by Gasteiger charge is -2.15. The fraction of sp³-hybridized carbons (Fsp3) is 0.429. The highest BCUT2D eigenvalue weighted by molar-refractivity contribution is 6.04. The predicted octanol–water partition coefficient (Wildman–Crippen LogP) is 2.36. The van der Waals surface area contributed by atoms with E-state index in [1.54, 1.807) is 13.0 Å². The predicted molar refractivity (Wildman–Crippen MR) is 72.5 cm³/mol. The minimum atomic E-state index is -1.12. The molecule has 0 aromatic heterocycles. The second kappa shape index (κ2) is 6.22. The van der Waals surface area contributed by atoms with Crippen LogP contribution in [0.3, 0.4) is 0 Å². The van der Waals surface area contributed by atoms with Crippen molar-refractivity contribution in [3.8, 4) is 5.75 Å². The van der Waals surface area contributed by atoms with Crippen LogP contribution in [0, 0.1) is 19.8 Å². The molecule has 19 heavy (non-hydrogen) atoms. The van der Waals surface area contributed by atoms with Crippen LogP contribution in [0.2, 0.25) is 0 Å². The van der Waals surface area contributed by atoms with Crippen LogP contribution >= 0.6 is 0 Å². The Morgan fingerprint density at radius 1 is 1.32 bits per heavy atom. The Morgan fingerprint density at radius 3 is 2.37 bits per heavy atom. The summed E-state index contributed by atoms with van der Waals surface area (Å²) in [4.78, 5) is 22.8. The van der Waals surface area contributed by atoms with Crippen molar-refractivity contribution in [1.29, 1.82) is 0 Å². The highest BCUT2D eigenvalue weighted by atomic mass is 16.5. The standard InChI is InChI=1S/C14H19NO4/c1-5-10(14(17)18)13(16)15-11-6-8(2)9(3)7-12(11)19-4/h6-7,10H,5H2,1-4H3,(H,15,16)(H,17,18). The normalized spacial score (nSPS) is 11.8. The van der Waals surface area contributed by atoms with E-state index in [1.807, 2.05) is 19.9 Å². The lowest BCUT2D eigenvalue weighted by Crippen LogP contribution is -2.29. The Bertz CT molecular complexity index is 496. The monoisotopic (exact) mass is 265 g/mol. The van der Waals surface area contributed by atoms with E-state index in [0.29, 0.717) is 11.4 Å². The number of amides is 1. The number of carbonyl (C=O) groups excluding carboxylic acids is 1. The van der Waals surface area contributed by atoms with Gasteiger partial charge in [-0.2, -0.15) is 0 Å². The smallest absolute Gasteiger partial charge is 0.316 e. The van der Waals surface area contributed by atoms with Crippen LogP contribution in [0.5, 0.6) is 5.75 Å². The first-order valence-corrected chi connectivity index (χ1v) is 6.09. The number of rotatable bonds is 5. The molecule has 0 aliphatic rings. The maximum absolute atomic E-state index is 11.9. The number of hydrogen-bond acceptors (Lipinski definition) is 3. The number of anilines is 1. The quantitative estimate of drug-likeness (QED) is 0.801. The summed E-state index contributed by atoms with van der Waals surface area (Å²) in [5, 5.41) is 11.6. The molecule has 1 unspecified atom stereocenters. The first kappa shape index (κ1) is 15.0. The zero-order valence-electron chi connectivity index (χ0n) is 11.6. The largest absolute Gasteiger partial charge is 0.495 e. The highest BCUT2D eigenvalue weighted by Crippen LogP contribution is 2.28. The topological polar surface area (TPSA) is 75.6 Å². The van der Waals surface area contributed by atoms with Crippen molar-refractivity contribution < 1.29 is 19.4 Å². The Labute approximate surface area is 112 Å². The molecule has 5 heteroatoms. The second-order valence-electron chi connectivity index (χ2n) is 4.43. The van der Waals surface area contributed by atoms with Crippen LogP contribution < -0.4 is 10.1 Å². The molecule has 1 aromatic rings. The van der Waals surface area contributed by atoms with Gasteiger partial charge in [-0.3, -0.25) is 9.59 Å². The SMILES string of the molecule is CCC(C(=O)O)C(=O)Nc1cc(C)c(C)cc1OC. The fourth-order valence-electron chi connectivity index (χ4n) is 1.75. The Balaban J connectivity index is 3.02. The Kier molecular flexibility index (Phi) is 4.92. The second-order valence-corrected chi connectivity index (χ2v) is 4.43. The molecule has 0 heterocycles. The third kappa shape index (κ3) is 3.47. The number of benzene rings is 1. The molecule has 0 bridgehead atoms. The lowest BCUT2D eigenvalue weighted by atomic mass is 10.0. The number of aryl methyl sites for hydroxylation is 2. The van der Waals surface area contributed by atoms with Gasteiger partial charge >= 0.3 is 5.97 Å². The van der Waals surface area contributed by atoms with E-state index in [-0.39, 0.29) is 6.42 Å². The van der Waals surface area contributed by atoms with Crippen LogP contribution in [-0.2, 0) is 9.59 Å². The number of ether oxygens (including phenoxy) is 1. The zero-order valence-corrected chi connectivity index (χ0v) is 11.6. The molecular weight excluding hydrogens is 246 g/mol. The molecule has 5 nitrogen and oxygen atoms in total. The van der Waals surface area contributed by atoms with Crippen molar-refractivity contribution in [2.75, 3.05) is 12.4 Å². The average molecular weight is 265 g/mol. The van der Waals surface area contributed by atoms with Crippen LogP contribution in [-0.4, -0.2) is 24.1 Å². The minimum absolute atomic E-state index is 0.244. The van der Waals surface area contributed by atoms with Crippen LogP contribution in [0.15, 0.2) is 12.1 Å². The van der Waals surface area contributed by atoms with Crippen LogP contribution in [0.25, 0.3) is 0 Å². The highest BCUT2D eigenvalue weighted by Gasteiger charge is 2.25. The Morgan fingerprint density at radius 2 is 1.89 bits per heavy atom. The summed E-state index contributed by atoms with van der Waals surface area (Å²) < 4.78 is 5.19. The van der Waals surface area contributed by atoms with Gasteiger partial charge in [0.2, 0.25) is 5.91 Å². The number of carbonyl (C=O) groups is 2. The van der Waals surface area contributed by atoms with E-state index in [2.05, 4.69) is 5.32 Å². The number of hydrogen-bond donors (Lipinski definition) is 2. The van der Waals surface area contributed by atoms with Gasteiger partial charge in [0.1, 0.15) is 11.7 Å². The van der Waals surface area contributed by atoms with Gasteiger partial charge in [-0.15, -0.1) is 0 Å². The van der Waals surface area contributed by atoms with E-state index in [9.17, 15) is 9.59 Å². The van der Waals surface area contributed by atoms with Gasteiger partial charge in [-0.1, -0.05) is 6.92 Å². The van der Waals surface area contributed by atoms with Crippen molar-refractivity contribution in [1.82, 2.24) is 0 Å². The molecule has 0 saturated heterocycles. The van der Waals surface area contributed by atoms with Crippen LogP contribution in [0.4, 0.5) is 5.69 Å². The van der Waals surface area contributed by atoms with Gasteiger partial charge in [0.25, 0.3) is 0 Å². The summed E-state index contributed by atoms with van der Waals surface area (Å²) >= 11 is 0. The Hall–Kier alpha value is -2.04. The maximum atomic E-state index is 11.9. The summed E-state index contributed by atoms with van der Waals surface area (Å²) in [6, 6.07) is 3.59. The molecule has 0 fully saturated rings. The molecule has 0 radical (unpaired) electrons. The third-order valence-electron chi connectivity index (χ3n) is 3.10. The van der Waals surface area contributed by atoms with Gasteiger partial charge in [-0.05, 0) is 43.5 Å². The summed E-state index contributed by atoms with van der Waals surface area (Å²) in [5.41, 5.74) is 2.54. The number of carboxylic acid groups (broad SMARTS) is 1. The molecule has 1 atom stereocenters. The summed E-state index contributed by atoms with van der Waals surface area (Å²) in [6.45, 7) is 5.52. The van der Waals surface area contributed by atoms with Gasteiger partial charge in [-0.25, -0.2) is 0 Å².